The van der Waals surface area contributed by atoms with Crippen molar-refractivity contribution in [2.24, 2.45) is 0 Å². The molecular formula is C11H16N4S. The van der Waals surface area contributed by atoms with E-state index in [1.807, 2.05) is 10.9 Å². The second-order valence-electron chi connectivity index (χ2n) is 4.12. The molecule has 1 aliphatic rings. The van der Waals surface area contributed by atoms with Crippen LogP contribution >= 0.6 is 11.8 Å². The van der Waals surface area contributed by atoms with Crippen molar-refractivity contribution in [3.8, 4) is 6.07 Å². The standard InChI is InChI=1S/C11H16N4S/c1-16-11-9(7-12)10(13)15(14-11)8-5-3-2-4-6-8/h8H,2-6,13H2,1H3. The van der Waals surface area contributed by atoms with Crippen molar-refractivity contribution < 1.29 is 0 Å². The number of nitrogen functional groups attached to an aromatic ring is 1. The van der Waals surface area contributed by atoms with Gasteiger partial charge >= 0.3 is 0 Å². The van der Waals surface area contributed by atoms with Gasteiger partial charge in [-0.1, -0.05) is 19.3 Å². The SMILES string of the molecule is CSc1nn(C2CCCCC2)c(N)c1C#N. The van der Waals surface area contributed by atoms with E-state index in [0.717, 1.165) is 17.9 Å². The first-order valence-corrected chi connectivity index (χ1v) is 6.82. The van der Waals surface area contributed by atoms with Crippen molar-refractivity contribution in [1.29, 1.82) is 5.26 Å². The van der Waals surface area contributed by atoms with Crippen molar-refractivity contribution in [3.63, 3.8) is 0 Å². The van der Waals surface area contributed by atoms with E-state index >= 15 is 0 Å². The molecule has 0 unspecified atom stereocenters. The summed E-state index contributed by atoms with van der Waals surface area (Å²) >= 11 is 1.48. The summed E-state index contributed by atoms with van der Waals surface area (Å²) in [5.74, 6) is 0.541. The first-order chi connectivity index (χ1) is 7.77. The molecule has 16 heavy (non-hydrogen) atoms. The summed E-state index contributed by atoms with van der Waals surface area (Å²) in [4.78, 5) is 0. The van der Waals surface area contributed by atoms with Crippen LogP contribution in [0.2, 0.25) is 0 Å². The second-order valence-corrected chi connectivity index (χ2v) is 4.91. The molecule has 1 aliphatic carbocycles. The summed E-state index contributed by atoms with van der Waals surface area (Å²) in [6.45, 7) is 0. The Balaban J connectivity index is 2.34. The number of hydrogen-bond acceptors (Lipinski definition) is 4. The number of nitrogens with two attached hydrogens (primary N) is 1. The summed E-state index contributed by atoms with van der Waals surface area (Å²) in [6.07, 6.45) is 7.96. The Morgan fingerprint density at radius 3 is 2.62 bits per heavy atom. The molecule has 4 nitrogen and oxygen atoms in total. The average molecular weight is 236 g/mol. The predicted molar refractivity (Wildman–Crippen MR) is 65.3 cm³/mol. The van der Waals surface area contributed by atoms with Crippen LogP contribution in [0.1, 0.15) is 43.7 Å². The quantitative estimate of drug-likeness (QED) is 0.801. The summed E-state index contributed by atoms with van der Waals surface area (Å²) in [5.41, 5.74) is 6.53. The van der Waals surface area contributed by atoms with Crippen LogP contribution in [0.25, 0.3) is 0 Å². The number of rotatable bonds is 2. The lowest BCUT2D eigenvalue weighted by atomic mass is 9.96. The molecular weight excluding hydrogens is 220 g/mol. The van der Waals surface area contributed by atoms with Gasteiger partial charge < -0.3 is 5.73 Å². The molecule has 0 amide bonds. The Bertz CT molecular complexity index is 412. The summed E-state index contributed by atoms with van der Waals surface area (Å²) in [5, 5.41) is 14.3. The van der Waals surface area contributed by atoms with Crippen LogP contribution in [0.4, 0.5) is 5.82 Å². The normalized spacial score (nSPS) is 17.2. The molecule has 1 heterocycles. The van der Waals surface area contributed by atoms with Gasteiger partial charge in [0, 0.05) is 0 Å². The van der Waals surface area contributed by atoms with Crippen molar-refractivity contribution >= 4 is 17.6 Å². The smallest absolute Gasteiger partial charge is 0.141 e. The molecule has 2 rings (SSSR count). The molecule has 1 saturated carbocycles. The zero-order chi connectivity index (χ0) is 11.5. The maximum atomic E-state index is 9.05. The Hall–Kier alpha value is -1.15. The highest BCUT2D eigenvalue weighted by Gasteiger charge is 2.22. The molecule has 0 saturated heterocycles. The van der Waals surface area contributed by atoms with Crippen LogP contribution in [0.15, 0.2) is 5.03 Å². The van der Waals surface area contributed by atoms with Crippen LogP contribution in [-0.4, -0.2) is 16.0 Å². The van der Waals surface area contributed by atoms with E-state index in [4.69, 9.17) is 11.0 Å². The fraction of sp³-hybridized carbons (Fsp3) is 0.636. The highest BCUT2D eigenvalue weighted by molar-refractivity contribution is 7.98. The second kappa shape index (κ2) is 4.79. The number of aromatic nitrogens is 2. The van der Waals surface area contributed by atoms with Crippen LogP contribution in [0, 0.1) is 11.3 Å². The maximum Gasteiger partial charge on any atom is 0.141 e. The van der Waals surface area contributed by atoms with Gasteiger partial charge in [0.05, 0.1) is 6.04 Å². The zero-order valence-electron chi connectivity index (χ0n) is 9.44. The van der Waals surface area contributed by atoms with Gasteiger partial charge in [0.2, 0.25) is 0 Å². The maximum absolute atomic E-state index is 9.05. The van der Waals surface area contributed by atoms with Crippen LogP contribution in [-0.2, 0) is 0 Å². The molecule has 1 aromatic rings. The minimum absolute atomic E-state index is 0.391. The summed E-state index contributed by atoms with van der Waals surface area (Å²) < 4.78 is 1.86. The zero-order valence-corrected chi connectivity index (χ0v) is 10.3. The van der Waals surface area contributed by atoms with Crippen LogP contribution in [0.5, 0.6) is 0 Å². The molecule has 0 radical (unpaired) electrons. The molecule has 5 heteroatoms. The molecule has 1 fully saturated rings. The van der Waals surface area contributed by atoms with Gasteiger partial charge in [-0.2, -0.15) is 10.4 Å². The number of thioether (sulfide) groups is 1. The fourth-order valence-corrected chi connectivity index (χ4v) is 2.80. The van der Waals surface area contributed by atoms with E-state index in [0.29, 0.717) is 17.4 Å². The van der Waals surface area contributed by atoms with E-state index in [-0.39, 0.29) is 0 Å². The van der Waals surface area contributed by atoms with Crippen molar-refractivity contribution in [3.05, 3.63) is 5.56 Å². The highest BCUT2D eigenvalue weighted by Crippen LogP contribution is 2.33. The topological polar surface area (TPSA) is 67.6 Å². The van der Waals surface area contributed by atoms with Gasteiger partial charge in [0.1, 0.15) is 22.5 Å². The molecule has 86 valence electrons. The first kappa shape index (κ1) is 11.3. The van der Waals surface area contributed by atoms with Gasteiger partial charge in [-0.05, 0) is 19.1 Å². The van der Waals surface area contributed by atoms with Crippen LogP contribution < -0.4 is 5.73 Å². The lowest BCUT2D eigenvalue weighted by Crippen LogP contribution is -2.16. The number of hydrogen-bond donors (Lipinski definition) is 1. The van der Waals surface area contributed by atoms with Crippen molar-refractivity contribution in [2.45, 2.75) is 43.2 Å². The van der Waals surface area contributed by atoms with E-state index in [2.05, 4.69) is 11.2 Å². The van der Waals surface area contributed by atoms with E-state index in [1.165, 1.54) is 31.0 Å². The highest BCUT2D eigenvalue weighted by atomic mass is 32.2. The minimum atomic E-state index is 0.391. The van der Waals surface area contributed by atoms with Gasteiger partial charge in [0.15, 0.2) is 0 Å². The average Bonchev–Trinajstić information content (AvgIpc) is 2.66. The monoisotopic (exact) mass is 236 g/mol. The number of nitriles is 1. The molecule has 0 bridgehead atoms. The minimum Gasteiger partial charge on any atom is -0.383 e. The number of nitrogens with zero attached hydrogens (tertiary/aromatic N) is 3. The Morgan fingerprint density at radius 1 is 1.44 bits per heavy atom. The predicted octanol–water partition coefficient (Wildman–Crippen LogP) is 2.56. The number of anilines is 1. The lowest BCUT2D eigenvalue weighted by molar-refractivity contribution is 0.330. The Labute approximate surface area is 99.8 Å². The third-order valence-corrected chi connectivity index (χ3v) is 3.81. The first-order valence-electron chi connectivity index (χ1n) is 5.60. The third-order valence-electron chi connectivity index (χ3n) is 3.14. The lowest BCUT2D eigenvalue weighted by Gasteiger charge is -2.22. The van der Waals surface area contributed by atoms with E-state index < -0.39 is 0 Å². The van der Waals surface area contributed by atoms with Crippen LogP contribution in [0.3, 0.4) is 0 Å². The molecule has 0 aliphatic heterocycles. The molecule has 1 aromatic heterocycles. The fourth-order valence-electron chi connectivity index (χ4n) is 2.28. The third kappa shape index (κ3) is 1.90. The summed E-state index contributed by atoms with van der Waals surface area (Å²) in [7, 11) is 0. The van der Waals surface area contributed by atoms with E-state index in [1.54, 1.807) is 0 Å². The Morgan fingerprint density at radius 2 is 2.12 bits per heavy atom. The van der Waals surface area contributed by atoms with Gasteiger partial charge in [-0.15, -0.1) is 11.8 Å². The van der Waals surface area contributed by atoms with Gasteiger partial charge in [-0.25, -0.2) is 4.68 Å². The van der Waals surface area contributed by atoms with Gasteiger partial charge in [0.25, 0.3) is 0 Å². The molecule has 0 atom stereocenters. The van der Waals surface area contributed by atoms with Gasteiger partial charge in [-0.3, -0.25) is 0 Å². The molecule has 2 N–H and O–H groups in total. The molecule has 0 spiro atoms. The summed E-state index contributed by atoms with van der Waals surface area (Å²) in [6, 6.07) is 2.54. The van der Waals surface area contributed by atoms with Crippen molar-refractivity contribution in [1.82, 2.24) is 9.78 Å². The van der Waals surface area contributed by atoms with E-state index in [9.17, 15) is 0 Å². The van der Waals surface area contributed by atoms with Crippen molar-refractivity contribution in [2.75, 3.05) is 12.0 Å². The molecule has 0 aromatic carbocycles. The largest absolute Gasteiger partial charge is 0.383 e. The Kier molecular flexibility index (Phi) is 3.39.